The first-order valence-corrected chi connectivity index (χ1v) is 6.74. The highest BCUT2D eigenvalue weighted by Gasteiger charge is 2.24. The van der Waals surface area contributed by atoms with Gasteiger partial charge in [0.1, 0.15) is 12.0 Å². The number of nitrogens with zero attached hydrogens (tertiary/aromatic N) is 1. The Bertz CT molecular complexity index is 572. The normalized spacial score (nSPS) is 17.9. The number of fused-ring (bicyclic) bond motifs is 1. The van der Waals surface area contributed by atoms with Crippen LogP contribution in [-0.4, -0.2) is 11.8 Å². The molecule has 1 aliphatic rings. The number of hydrogen-bond acceptors (Lipinski definition) is 4. The van der Waals surface area contributed by atoms with Crippen LogP contribution in [0, 0.1) is 0 Å². The molecule has 0 amide bonds. The van der Waals surface area contributed by atoms with E-state index in [2.05, 4.69) is 10.5 Å². The van der Waals surface area contributed by atoms with Gasteiger partial charge < -0.3 is 14.6 Å². The molecule has 0 aliphatic carbocycles. The fraction of sp³-hybridized carbons (Fsp3) is 0.308. The summed E-state index contributed by atoms with van der Waals surface area (Å²) >= 11 is 12.2. The van der Waals surface area contributed by atoms with Crippen molar-refractivity contribution in [2.75, 3.05) is 6.61 Å². The van der Waals surface area contributed by atoms with Gasteiger partial charge in [0.15, 0.2) is 0 Å². The van der Waals surface area contributed by atoms with Crippen molar-refractivity contribution in [3.05, 3.63) is 45.8 Å². The molecule has 2 aromatic rings. The van der Waals surface area contributed by atoms with E-state index in [0.29, 0.717) is 23.2 Å². The van der Waals surface area contributed by atoms with Crippen molar-refractivity contribution in [1.82, 2.24) is 10.5 Å². The summed E-state index contributed by atoms with van der Waals surface area (Å²) in [6, 6.07) is 5.57. The molecule has 3 rings (SSSR count). The van der Waals surface area contributed by atoms with Gasteiger partial charge in [-0.2, -0.15) is 0 Å². The van der Waals surface area contributed by atoms with Crippen LogP contribution in [0.5, 0.6) is 5.75 Å². The lowest BCUT2D eigenvalue weighted by Crippen LogP contribution is -2.27. The Morgan fingerprint density at radius 3 is 3.05 bits per heavy atom. The molecule has 0 saturated heterocycles. The largest absolute Gasteiger partial charge is 0.492 e. The summed E-state index contributed by atoms with van der Waals surface area (Å²) < 4.78 is 10.4. The third-order valence-corrected chi connectivity index (χ3v) is 3.59. The SMILES string of the molecule is Clc1cc(Cl)c2c(c1)C(NCc1ccon1)CCO2. The zero-order valence-electron chi connectivity index (χ0n) is 10.0. The van der Waals surface area contributed by atoms with Gasteiger partial charge in [-0.1, -0.05) is 28.4 Å². The number of halogens is 2. The number of aromatic nitrogens is 1. The van der Waals surface area contributed by atoms with Gasteiger partial charge in [0, 0.05) is 35.7 Å². The first kappa shape index (κ1) is 12.8. The lowest BCUT2D eigenvalue weighted by molar-refractivity contribution is 0.251. The van der Waals surface area contributed by atoms with Gasteiger partial charge >= 0.3 is 0 Å². The number of ether oxygens (including phenoxy) is 1. The third-order valence-electron chi connectivity index (χ3n) is 3.09. The van der Waals surface area contributed by atoms with Crippen LogP contribution in [0.15, 0.2) is 29.0 Å². The Morgan fingerprint density at radius 2 is 2.26 bits per heavy atom. The van der Waals surface area contributed by atoms with Gasteiger partial charge in [0.25, 0.3) is 0 Å². The molecule has 1 aromatic carbocycles. The van der Waals surface area contributed by atoms with Crippen molar-refractivity contribution < 1.29 is 9.26 Å². The molecule has 0 bridgehead atoms. The van der Waals surface area contributed by atoms with Gasteiger partial charge in [0.2, 0.25) is 0 Å². The Kier molecular flexibility index (Phi) is 3.64. The van der Waals surface area contributed by atoms with Crippen LogP contribution in [0.4, 0.5) is 0 Å². The van der Waals surface area contributed by atoms with Gasteiger partial charge in [-0.25, -0.2) is 0 Å². The molecular formula is C13H12Cl2N2O2. The number of benzene rings is 1. The summed E-state index contributed by atoms with van der Waals surface area (Å²) in [4.78, 5) is 0. The molecule has 1 N–H and O–H groups in total. The monoisotopic (exact) mass is 298 g/mol. The Balaban J connectivity index is 1.81. The predicted octanol–water partition coefficient (Wildman–Crippen LogP) is 3.59. The minimum atomic E-state index is 0.150. The van der Waals surface area contributed by atoms with Crippen molar-refractivity contribution in [3.63, 3.8) is 0 Å². The molecule has 0 saturated carbocycles. The first-order valence-electron chi connectivity index (χ1n) is 5.98. The summed E-state index contributed by atoms with van der Waals surface area (Å²) in [6.07, 6.45) is 2.42. The highest BCUT2D eigenvalue weighted by molar-refractivity contribution is 6.35. The quantitative estimate of drug-likeness (QED) is 0.940. The minimum Gasteiger partial charge on any atom is -0.492 e. The van der Waals surface area contributed by atoms with E-state index in [9.17, 15) is 0 Å². The summed E-state index contributed by atoms with van der Waals surface area (Å²) in [5.74, 6) is 0.718. The third kappa shape index (κ3) is 2.71. The molecule has 1 unspecified atom stereocenters. The van der Waals surface area contributed by atoms with Crippen LogP contribution < -0.4 is 10.1 Å². The van der Waals surface area contributed by atoms with E-state index < -0.39 is 0 Å². The summed E-state index contributed by atoms with van der Waals surface area (Å²) in [5.41, 5.74) is 1.86. The summed E-state index contributed by atoms with van der Waals surface area (Å²) in [5, 5.41) is 8.45. The van der Waals surface area contributed by atoms with Crippen molar-refractivity contribution in [3.8, 4) is 5.75 Å². The van der Waals surface area contributed by atoms with Crippen LogP contribution in [0.25, 0.3) is 0 Å². The van der Waals surface area contributed by atoms with Crippen molar-refractivity contribution in [1.29, 1.82) is 0 Å². The first-order chi connectivity index (χ1) is 9.24. The van der Waals surface area contributed by atoms with Crippen LogP contribution in [-0.2, 0) is 6.54 Å². The van der Waals surface area contributed by atoms with Gasteiger partial charge in [-0.3, -0.25) is 0 Å². The molecule has 1 atom stereocenters. The molecule has 0 fully saturated rings. The van der Waals surface area contributed by atoms with E-state index in [1.54, 1.807) is 12.3 Å². The average Bonchev–Trinajstić information content (AvgIpc) is 2.89. The molecule has 1 aromatic heterocycles. The van der Waals surface area contributed by atoms with Gasteiger partial charge in [-0.05, 0) is 12.1 Å². The van der Waals surface area contributed by atoms with Crippen molar-refractivity contribution in [2.24, 2.45) is 0 Å². The second-order valence-electron chi connectivity index (χ2n) is 4.37. The maximum atomic E-state index is 6.15. The molecule has 1 aliphatic heterocycles. The van der Waals surface area contributed by atoms with Crippen LogP contribution in [0.1, 0.15) is 23.7 Å². The second kappa shape index (κ2) is 5.41. The maximum absolute atomic E-state index is 6.15. The fourth-order valence-electron chi connectivity index (χ4n) is 2.19. The molecule has 6 heteroatoms. The predicted molar refractivity (Wildman–Crippen MR) is 72.7 cm³/mol. The Morgan fingerprint density at radius 1 is 1.37 bits per heavy atom. The Hall–Kier alpha value is -1.23. The highest BCUT2D eigenvalue weighted by Crippen LogP contribution is 2.39. The zero-order chi connectivity index (χ0) is 13.2. The van der Waals surface area contributed by atoms with Crippen molar-refractivity contribution in [2.45, 2.75) is 19.0 Å². The second-order valence-corrected chi connectivity index (χ2v) is 5.21. The lowest BCUT2D eigenvalue weighted by atomic mass is 10.0. The Labute approximate surface area is 120 Å². The molecule has 4 nitrogen and oxygen atoms in total. The molecule has 19 heavy (non-hydrogen) atoms. The maximum Gasteiger partial charge on any atom is 0.142 e. The van der Waals surface area contributed by atoms with E-state index in [0.717, 1.165) is 23.4 Å². The standard InChI is InChI=1S/C13H12Cl2N2O2/c14-8-5-10-12(16-7-9-1-4-19-17-9)2-3-18-13(10)11(15)6-8/h1,4-6,12,16H,2-3,7H2. The highest BCUT2D eigenvalue weighted by atomic mass is 35.5. The number of hydrogen-bond donors (Lipinski definition) is 1. The zero-order valence-corrected chi connectivity index (χ0v) is 11.5. The van der Waals surface area contributed by atoms with E-state index in [1.807, 2.05) is 12.1 Å². The topological polar surface area (TPSA) is 47.3 Å². The number of rotatable bonds is 3. The summed E-state index contributed by atoms with van der Waals surface area (Å²) in [7, 11) is 0. The number of nitrogens with one attached hydrogen (secondary N) is 1. The van der Waals surface area contributed by atoms with Gasteiger partial charge in [0.05, 0.1) is 17.3 Å². The fourth-order valence-corrected chi connectivity index (χ4v) is 2.76. The molecule has 0 spiro atoms. The lowest BCUT2D eigenvalue weighted by Gasteiger charge is -2.27. The minimum absolute atomic E-state index is 0.150. The van der Waals surface area contributed by atoms with E-state index in [1.165, 1.54) is 0 Å². The summed E-state index contributed by atoms with van der Waals surface area (Å²) in [6.45, 7) is 1.26. The smallest absolute Gasteiger partial charge is 0.142 e. The molecule has 100 valence electrons. The molecule has 0 radical (unpaired) electrons. The van der Waals surface area contributed by atoms with Crippen molar-refractivity contribution >= 4 is 23.2 Å². The van der Waals surface area contributed by atoms with E-state index >= 15 is 0 Å². The average molecular weight is 299 g/mol. The van der Waals surface area contributed by atoms with Gasteiger partial charge in [-0.15, -0.1) is 0 Å². The molecule has 2 heterocycles. The van der Waals surface area contributed by atoms with E-state index in [4.69, 9.17) is 32.5 Å². The van der Waals surface area contributed by atoms with Crippen LogP contribution in [0.2, 0.25) is 10.0 Å². The molecular weight excluding hydrogens is 287 g/mol. The van der Waals surface area contributed by atoms with E-state index in [-0.39, 0.29) is 6.04 Å². The van der Waals surface area contributed by atoms with Crippen LogP contribution in [0.3, 0.4) is 0 Å². The van der Waals surface area contributed by atoms with Crippen LogP contribution >= 0.6 is 23.2 Å².